The number of hydrogen-bond donors (Lipinski definition) is 2. The summed E-state index contributed by atoms with van der Waals surface area (Å²) in [6.45, 7) is -0.0629. The van der Waals surface area contributed by atoms with Crippen molar-refractivity contribution in [1.29, 1.82) is 0 Å². The van der Waals surface area contributed by atoms with Crippen LogP contribution in [0, 0.1) is 5.82 Å². The van der Waals surface area contributed by atoms with Crippen LogP contribution in [0.3, 0.4) is 0 Å². The molecule has 0 saturated carbocycles. The molecule has 0 atom stereocenters. The highest BCUT2D eigenvalue weighted by atomic mass is 32.1. The van der Waals surface area contributed by atoms with Gasteiger partial charge in [-0.15, -0.1) is 0 Å². The normalized spacial score (nSPS) is 10.1. The van der Waals surface area contributed by atoms with Crippen LogP contribution in [0.5, 0.6) is 5.75 Å². The van der Waals surface area contributed by atoms with Crippen LogP contribution in [0.1, 0.15) is 21.5 Å². The Bertz CT molecular complexity index is 704. The van der Waals surface area contributed by atoms with Gasteiger partial charge >= 0.3 is 0 Å². The number of halogens is 1. The Labute approximate surface area is 126 Å². The molecule has 4 nitrogen and oxygen atoms in total. The molecule has 1 amide bonds. The lowest BCUT2D eigenvalue weighted by Gasteiger charge is -2.11. The molecule has 2 aromatic rings. The monoisotopic (exact) mass is 304 g/mol. The van der Waals surface area contributed by atoms with Gasteiger partial charge in [0.05, 0.1) is 5.56 Å². The van der Waals surface area contributed by atoms with Crippen LogP contribution < -0.4 is 16.2 Å². The molecule has 0 bridgehead atoms. The van der Waals surface area contributed by atoms with Crippen molar-refractivity contribution in [1.82, 2.24) is 0 Å². The standard InChI is InChI=1S/C15H13FN2O2S/c16-12-6-5-9(15(18)21)7-10(12)8-20-13-4-2-1-3-11(13)14(17)19/h1-7H,8H2,(H2,17,19)(H2,18,21). The lowest BCUT2D eigenvalue weighted by molar-refractivity contribution is 0.0996. The van der Waals surface area contributed by atoms with Crippen molar-refractivity contribution in [2.24, 2.45) is 11.5 Å². The second-order valence-corrected chi connectivity index (χ2v) is 4.76. The van der Waals surface area contributed by atoms with Crippen molar-refractivity contribution in [2.45, 2.75) is 6.61 Å². The molecule has 0 unspecified atom stereocenters. The van der Waals surface area contributed by atoms with Crippen molar-refractivity contribution < 1.29 is 13.9 Å². The van der Waals surface area contributed by atoms with Gasteiger partial charge in [-0.05, 0) is 30.3 Å². The molecule has 0 aliphatic carbocycles. The summed E-state index contributed by atoms with van der Waals surface area (Å²) in [5, 5.41) is 0. The van der Waals surface area contributed by atoms with Crippen molar-refractivity contribution in [3.05, 3.63) is 65.0 Å². The van der Waals surface area contributed by atoms with Gasteiger partial charge in [-0.25, -0.2) is 4.39 Å². The fourth-order valence-corrected chi connectivity index (χ4v) is 1.92. The molecule has 2 aromatic carbocycles. The first-order valence-electron chi connectivity index (χ1n) is 6.09. The zero-order valence-corrected chi connectivity index (χ0v) is 11.8. The molecule has 21 heavy (non-hydrogen) atoms. The van der Waals surface area contributed by atoms with Crippen LogP contribution in [-0.2, 0) is 6.61 Å². The SMILES string of the molecule is NC(=O)c1ccccc1OCc1cc(C(N)=S)ccc1F. The summed E-state index contributed by atoms with van der Waals surface area (Å²) in [5.41, 5.74) is 11.8. The van der Waals surface area contributed by atoms with E-state index in [9.17, 15) is 9.18 Å². The smallest absolute Gasteiger partial charge is 0.252 e. The predicted octanol–water partition coefficient (Wildman–Crippen LogP) is 2.14. The van der Waals surface area contributed by atoms with E-state index >= 15 is 0 Å². The Hall–Kier alpha value is -2.47. The molecular formula is C15H13FN2O2S. The van der Waals surface area contributed by atoms with Crippen LogP contribution in [0.15, 0.2) is 42.5 Å². The highest BCUT2D eigenvalue weighted by molar-refractivity contribution is 7.80. The number of carbonyl (C=O) groups is 1. The number of carbonyl (C=O) groups excluding carboxylic acids is 1. The van der Waals surface area contributed by atoms with Crippen LogP contribution in [0.2, 0.25) is 0 Å². The summed E-state index contributed by atoms with van der Waals surface area (Å²) in [7, 11) is 0. The van der Waals surface area contributed by atoms with Gasteiger partial charge in [-0.2, -0.15) is 0 Å². The van der Waals surface area contributed by atoms with E-state index in [4.69, 9.17) is 28.4 Å². The van der Waals surface area contributed by atoms with E-state index in [1.165, 1.54) is 18.2 Å². The van der Waals surface area contributed by atoms with E-state index in [0.717, 1.165) is 0 Å². The van der Waals surface area contributed by atoms with Crippen molar-refractivity contribution >= 4 is 23.1 Å². The van der Waals surface area contributed by atoms with Crippen LogP contribution >= 0.6 is 12.2 Å². The fraction of sp³-hybridized carbons (Fsp3) is 0.0667. The summed E-state index contributed by atoms with van der Waals surface area (Å²) >= 11 is 4.85. The number of nitrogens with two attached hydrogens (primary N) is 2. The van der Waals surface area contributed by atoms with Gasteiger partial charge in [0.25, 0.3) is 5.91 Å². The van der Waals surface area contributed by atoms with Gasteiger partial charge in [-0.1, -0.05) is 24.4 Å². The quantitative estimate of drug-likeness (QED) is 0.830. The minimum atomic E-state index is -0.608. The van der Waals surface area contributed by atoms with Crippen molar-refractivity contribution in [3.8, 4) is 5.75 Å². The number of ether oxygens (including phenoxy) is 1. The third-order valence-electron chi connectivity index (χ3n) is 2.87. The first-order valence-corrected chi connectivity index (χ1v) is 6.49. The maximum atomic E-state index is 13.7. The second-order valence-electron chi connectivity index (χ2n) is 4.32. The number of para-hydroxylation sites is 1. The van der Waals surface area contributed by atoms with Crippen LogP contribution in [0.25, 0.3) is 0 Å². The highest BCUT2D eigenvalue weighted by Crippen LogP contribution is 2.20. The number of primary amides is 1. The van der Waals surface area contributed by atoms with E-state index in [1.54, 1.807) is 24.3 Å². The van der Waals surface area contributed by atoms with Crippen molar-refractivity contribution in [2.75, 3.05) is 0 Å². The minimum absolute atomic E-state index is 0.0629. The average Bonchev–Trinajstić information content (AvgIpc) is 2.46. The molecule has 0 saturated heterocycles. The zero-order chi connectivity index (χ0) is 15.4. The third-order valence-corrected chi connectivity index (χ3v) is 3.10. The minimum Gasteiger partial charge on any atom is -0.488 e. The van der Waals surface area contributed by atoms with Crippen molar-refractivity contribution in [3.63, 3.8) is 0 Å². The first kappa shape index (κ1) is 14.9. The average molecular weight is 304 g/mol. The van der Waals surface area contributed by atoms with Gasteiger partial charge in [0.2, 0.25) is 0 Å². The number of thiocarbonyl (C=S) groups is 1. The second kappa shape index (κ2) is 6.32. The van der Waals surface area contributed by atoms with E-state index in [0.29, 0.717) is 16.9 Å². The molecule has 6 heteroatoms. The fourth-order valence-electron chi connectivity index (χ4n) is 1.79. The Morgan fingerprint density at radius 1 is 1.19 bits per heavy atom. The van der Waals surface area contributed by atoms with Crippen LogP contribution in [0.4, 0.5) is 4.39 Å². The molecule has 4 N–H and O–H groups in total. The summed E-state index contributed by atoms with van der Waals surface area (Å²) in [6.07, 6.45) is 0. The molecule has 0 aliphatic heterocycles. The van der Waals surface area contributed by atoms with E-state index in [1.807, 2.05) is 0 Å². The number of benzene rings is 2. The summed E-state index contributed by atoms with van der Waals surface area (Å²) in [4.78, 5) is 11.5. The van der Waals surface area contributed by atoms with Gasteiger partial charge in [0, 0.05) is 11.1 Å². The highest BCUT2D eigenvalue weighted by Gasteiger charge is 2.10. The lowest BCUT2D eigenvalue weighted by atomic mass is 10.1. The Morgan fingerprint density at radius 3 is 2.57 bits per heavy atom. The number of amides is 1. The Kier molecular flexibility index (Phi) is 4.49. The molecular weight excluding hydrogens is 291 g/mol. The van der Waals surface area contributed by atoms with Gasteiger partial charge < -0.3 is 16.2 Å². The molecule has 0 aromatic heterocycles. The molecule has 0 aliphatic rings. The summed E-state index contributed by atoms with van der Waals surface area (Å²) in [5.74, 6) is -0.750. The summed E-state index contributed by atoms with van der Waals surface area (Å²) in [6, 6.07) is 10.8. The molecule has 0 radical (unpaired) electrons. The largest absolute Gasteiger partial charge is 0.488 e. The lowest BCUT2D eigenvalue weighted by Crippen LogP contribution is -2.13. The zero-order valence-electron chi connectivity index (χ0n) is 11.0. The van der Waals surface area contributed by atoms with Gasteiger partial charge in [0.1, 0.15) is 23.2 Å². The third kappa shape index (κ3) is 3.55. The van der Waals surface area contributed by atoms with E-state index in [-0.39, 0.29) is 17.2 Å². The predicted molar refractivity (Wildman–Crippen MR) is 81.6 cm³/mol. The van der Waals surface area contributed by atoms with E-state index < -0.39 is 11.7 Å². The molecule has 2 rings (SSSR count). The Balaban J connectivity index is 2.22. The maximum Gasteiger partial charge on any atom is 0.252 e. The summed E-state index contributed by atoms with van der Waals surface area (Å²) < 4.78 is 19.2. The molecule has 108 valence electrons. The van der Waals surface area contributed by atoms with E-state index in [2.05, 4.69) is 0 Å². The Morgan fingerprint density at radius 2 is 1.90 bits per heavy atom. The molecule has 0 fully saturated rings. The molecule has 0 spiro atoms. The van der Waals surface area contributed by atoms with Crippen LogP contribution in [-0.4, -0.2) is 10.9 Å². The number of hydrogen-bond acceptors (Lipinski definition) is 3. The van der Waals surface area contributed by atoms with Gasteiger partial charge in [0.15, 0.2) is 0 Å². The van der Waals surface area contributed by atoms with Gasteiger partial charge in [-0.3, -0.25) is 4.79 Å². The molecule has 0 heterocycles. The maximum absolute atomic E-state index is 13.7. The topological polar surface area (TPSA) is 78.3 Å². The number of rotatable bonds is 5. The first-order chi connectivity index (χ1) is 9.99.